The summed E-state index contributed by atoms with van der Waals surface area (Å²) in [5, 5.41) is 12.0. The molecular formula is C29H43N7O4. The topological polar surface area (TPSA) is 137 Å². The number of benzene rings is 1. The fourth-order valence-electron chi connectivity index (χ4n) is 4.09. The molecule has 5 N–H and O–H groups in total. The van der Waals surface area contributed by atoms with Crippen LogP contribution in [0.25, 0.3) is 0 Å². The van der Waals surface area contributed by atoms with E-state index in [4.69, 9.17) is 4.84 Å². The summed E-state index contributed by atoms with van der Waals surface area (Å²) in [6, 6.07) is 8.29. The zero-order valence-electron chi connectivity index (χ0n) is 24.0. The van der Waals surface area contributed by atoms with E-state index in [0.29, 0.717) is 43.2 Å². The third-order valence-corrected chi connectivity index (χ3v) is 6.85. The molecule has 40 heavy (non-hydrogen) atoms. The van der Waals surface area contributed by atoms with Crippen molar-refractivity contribution in [3.05, 3.63) is 59.4 Å². The highest BCUT2D eigenvalue weighted by Gasteiger charge is 2.23. The SMILES string of the molecule is CONCCCN(C)c1cc(C(=O)NCCNC(C)C(=O)NCC2CC2)cc(C(=O)NC(C)c2cccnc2)c1. The third kappa shape index (κ3) is 10.2. The van der Waals surface area contributed by atoms with Crippen LogP contribution in [0.5, 0.6) is 0 Å². The molecule has 2 unspecified atom stereocenters. The Hall–Kier alpha value is -3.54. The summed E-state index contributed by atoms with van der Waals surface area (Å²) in [7, 11) is 3.49. The van der Waals surface area contributed by atoms with Gasteiger partial charge in [0.1, 0.15) is 0 Å². The number of pyridine rings is 1. The number of carbonyl (C=O) groups excluding carboxylic acids is 3. The summed E-state index contributed by atoms with van der Waals surface area (Å²) < 4.78 is 0. The number of carbonyl (C=O) groups is 3. The van der Waals surface area contributed by atoms with Crippen LogP contribution in [0.4, 0.5) is 5.69 Å². The molecular weight excluding hydrogens is 510 g/mol. The van der Waals surface area contributed by atoms with Gasteiger partial charge in [0.15, 0.2) is 0 Å². The van der Waals surface area contributed by atoms with Gasteiger partial charge in [0, 0.05) is 69.0 Å². The minimum atomic E-state index is -0.350. The molecule has 1 aromatic heterocycles. The maximum Gasteiger partial charge on any atom is 0.251 e. The monoisotopic (exact) mass is 553 g/mol. The van der Waals surface area contributed by atoms with Crippen LogP contribution in [0.3, 0.4) is 0 Å². The normalized spacial score (nSPS) is 14.2. The van der Waals surface area contributed by atoms with Crippen LogP contribution in [0, 0.1) is 5.92 Å². The second kappa shape index (κ2) is 15.9. The Balaban J connectivity index is 1.62. The maximum atomic E-state index is 13.2. The van der Waals surface area contributed by atoms with Gasteiger partial charge < -0.3 is 31.0 Å². The second-order valence-corrected chi connectivity index (χ2v) is 10.2. The molecule has 0 aliphatic heterocycles. The number of hydrogen-bond acceptors (Lipinski definition) is 8. The van der Waals surface area contributed by atoms with Gasteiger partial charge in [-0.1, -0.05) is 6.07 Å². The van der Waals surface area contributed by atoms with Gasteiger partial charge in [-0.2, -0.15) is 0 Å². The molecule has 11 nitrogen and oxygen atoms in total. The number of hydroxylamine groups is 1. The zero-order chi connectivity index (χ0) is 28.9. The highest BCUT2D eigenvalue weighted by Crippen LogP contribution is 2.27. The van der Waals surface area contributed by atoms with Gasteiger partial charge in [0.05, 0.1) is 19.2 Å². The molecule has 0 spiro atoms. The van der Waals surface area contributed by atoms with Crippen molar-refractivity contribution in [2.45, 2.75) is 45.2 Å². The predicted molar refractivity (Wildman–Crippen MR) is 155 cm³/mol. The molecule has 11 heteroatoms. The number of rotatable bonds is 17. The van der Waals surface area contributed by atoms with Gasteiger partial charge in [-0.25, -0.2) is 5.48 Å². The van der Waals surface area contributed by atoms with Crippen molar-refractivity contribution >= 4 is 23.4 Å². The van der Waals surface area contributed by atoms with Crippen LogP contribution >= 0.6 is 0 Å². The first-order valence-corrected chi connectivity index (χ1v) is 13.9. The van der Waals surface area contributed by atoms with E-state index in [1.165, 1.54) is 12.8 Å². The molecule has 218 valence electrons. The second-order valence-electron chi connectivity index (χ2n) is 10.2. The van der Waals surface area contributed by atoms with Gasteiger partial charge >= 0.3 is 0 Å². The Morgan fingerprint density at radius 3 is 2.48 bits per heavy atom. The minimum Gasteiger partial charge on any atom is -0.375 e. The quantitative estimate of drug-likeness (QED) is 0.148. The van der Waals surface area contributed by atoms with Crippen molar-refractivity contribution in [3.63, 3.8) is 0 Å². The van der Waals surface area contributed by atoms with Gasteiger partial charge in [-0.15, -0.1) is 0 Å². The lowest BCUT2D eigenvalue weighted by Gasteiger charge is -2.22. The summed E-state index contributed by atoms with van der Waals surface area (Å²) in [4.78, 5) is 49.5. The first-order valence-electron chi connectivity index (χ1n) is 13.9. The van der Waals surface area contributed by atoms with E-state index in [2.05, 4.69) is 31.7 Å². The van der Waals surface area contributed by atoms with Crippen molar-refractivity contribution in [1.82, 2.24) is 31.7 Å². The highest BCUT2D eigenvalue weighted by atomic mass is 16.6. The number of nitrogens with zero attached hydrogens (tertiary/aromatic N) is 2. The molecule has 1 heterocycles. The highest BCUT2D eigenvalue weighted by molar-refractivity contribution is 6.01. The Bertz CT molecular complexity index is 1110. The summed E-state index contributed by atoms with van der Waals surface area (Å²) in [6.07, 6.45) is 6.57. The fourth-order valence-corrected chi connectivity index (χ4v) is 4.09. The Labute approximate surface area is 236 Å². The van der Waals surface area contributed by atoms with E-state index in [-0.39, 0.29) is 29.8 Å². The van der Waals surface area contributed by atoms with Crippen LogP contribution < -0.4 is 31.6 Å². The molecule has 1 aliphatic rings. The van der Waals surface area contributed by atoms with Crippen LogP contribution in [0.15, 0.2) is 42.7 Å². The van der Waals surface area contributed by atoms with E-state index < -0.39 is 0 Å². The van der Waals surface area contributed by atoms with Crippen LogP contribution in [-0.2, 0) is 9.63 Å². The van der Waals surface area contributed by atoms with Crippen molar-refractivity contribution in [1.29, 1.82) is 0 Å². The van der Waals surface area contributed by atoms with Gasteiger partial charge in [-0.05, 0) is 68.9 Å². The number of nitrogens with one attached hydrogen (secondary N) is 5. The van der Waals surface area contributed by atoms with Crippen LogP contribution in [0.2, 0.25) is 0 Å². The van der Waals surface area contributed by atoms with Crippen LogP contribution in [-0.4, -0.2) is 75.6 Å². The summed E-state index contributed by atoms with van der Waals surface area (Å²) >= 11 is 0. The van der Waals surface area contributed by atoms with Crippen molar-refractivity contribution in [2.24, 2.45) is 5.92 Å². The minimum absolute atomic E-state index is 0.0363. The number of aromatic nitrogens is 1. The first kappa shape index (κ1) is 31.0. The predicted octanol–water partition coefficient (Wildman–Crippen LogP) is 1.78. The first-order chi connectivity index (χ1) is 19.3. The fraction of sp³-hybridized carbons (Fsp3) is 0.517. The third-order valence-electron chi connectivity index (χ3n) is 6.85. The van der Waals surface area contributed by atoms with Gasteiger partial charge in [0.2, 0.25) is 5.91 Å². The average molecular weight is 554 g/mol. The Morgan fingerprint density at radius 1 is 1.05 bits per heavy atom. The standard InChI is InChI=1S/C29H43N7O4/c1-20(23-7-5-10-30-19-23)35-29(39)25-15-24(16-26(17-25)36(3)14-6-11-34-40-4)28(38)32-13-12-31-21(2)27(37)33-18-22-8-9-22/h5,7,10,15-17,19-22,31,34H,6,8-9,11-14,18H2,1-4H3,(H,32,38)(H,33,37)(H,35,39). The summed E-state index contributed by atoms with van der Waals surface area (Å²) in [5.41, 5.74) is 5.23. The van der Waals surface area contributed by atoms with Gasteiger partial charge in [0.25, 0.3) is 11.8 Å². The number of anilines is 1. The summed E-state index contributed by atoms with van der Waals surface area (Å²) in [5.74, 6) is 0.0105. The molecule has 0 bridgehead atoms. The molecule has 2 aromatic rings. The molecule has 1 aliphatic carbocycles. The largest absolute Gasteiger partial charge is 0.375 e. The number of hydrogen-bond donors (Lipinski definition) is 5. The van der Waals surface area contributed by atoms with E-state index in [1.54, 1.807) is 37.7 Å². The molecule has 1 saturated carbocycles. The molecule has 1 aromatic carbocycles. The van der Waals surface area contributed by atoms with E-state index in [0.717, 1.165) is 24.2 Å². The van der Waals surface area contributed by atoms with Crippen molar-refractivity contribution in [2.75, 3.05) is 51.8 Å². The Kier molecular flexibility index (Phi) is 12.3. The molecule has 1 fully saturated rings. The molecule has 2 atom stereocenters. The average Bonchev–Trinajstić information content (AvgIpc) is 3.80. The zero-order valence-corrected chi connectivity index (χ0v) is 24.0. The molecule has 3 rings (SSSR count). The lowest BCUT2D eigenvalue weighted by molar-refractivity contribution is -0.122. The summed E-state index contributed by atoms with van der Waals surface area (Å²) in [6.45, 7) is 6.56. The van der Waals surface area contributed by atoms with Crippen molar-refractivity contribution in [3.8, 4) is 0 Å². The van der Waals surface area contributed by atoms with Crippen molar-refractivity contribution < 1.29 is 19.2 Å². The van der Waals surface area contributed by atoms with E-state index in [1.807, 2.05) is 37.9 Å². The smallest absolute Gasteiger partial charge is 0.251 e. The van der Waals surface area contributed by atoms with Crippen LogP contribution in [0.1, 0.15) is 65.4 Å². The lowest BCUT2D eigenvalue weighted by atomic mass is 10.1. The number of amides is 3. The lowest BCUT2D eigenvalue weighted by Crippen LogP contribution is -2.45. The molecule has 0 radical (unpaired) electrons. The van der Waals surface area contributed by atoms with E-state index >= 15 is 0 Å². The van der Waals surface area contributed by atoms with Gasteiger partial charge in [-0.3, -0.25) is 19.4 Å². The maximum absolute atomic E-state index is 13.2. The van der Waals surface area contributed by atoms with E-state index in [9.17, 15) is 14.4 Å². The molecule has 0 saturated heterocycles. The Morgan fingerprint density at radius 2 is 1.80 bits per heavy atom. The molecule has 3 amide bonds.